The summed E-state index contributed by atoms with van der Waals surface area (Å²) in [4.78, 5) is 23.1. The molecular formula is C20H21NO4. The maximum Gasteiger partial charge on any atom is 0.407 e. The number of amides is 1. The summed E-state index contributed by atoms with van der Waals surface area (Å²) in [5.74, 6) is -0.333. The van der Waals surface area contributed by atoms with E-state index in [-0.39, 0.29) is 12.6 Å². The molecule has 0 atom stereocenters. The van der Waals surface area contributed by atoms with Crippen LogP contribution in [0.1, 0.15) is 28.4 Å². The maximum absolute atomic E-state index is 11.6. The van der Waals surface area contributed by atoms with Crippen molar-refractivity contribution in [1.29, 1.82) is 0 Å². The predicted octanol–water partition coefficient (Wildman–Crippen LogP) is 3.80. The van der Waals surface area contributed by atoms with Crippen LogP contribution in [-0.2, 0) is 16.1 Å². The standard InChI is InChI=1S/C20H21NO4/c1-2-24-19(22)18-12-10-16(11-13-18)9-6-14-21-20(23)25-15-17-7-4-3-5-8-17/h3-13H,2,14-15H2,1H3,(H,21,23). The fraction of sp³-hybridized carbons (Fsp3) is 0.200. The summed E-state index contributed by atoms with van der Waals surface area (Å²) in [6.45, 7) is 2.72. The van der Waals surface area contributed by atoms with Gasteiger partial charge in [-0.1, -0.05) is 54.6 Å². The number of carbonyl (C=O) groups excluding carboxylic acids is 2. The van der Waals surface area contributed by atoms with E-state index in [1.54, 1.807) is 19.1 Å². The summed E-state index contributed by atoms with van der Waals surface area (Å²) in [5.41, 5.74) is 2.38. The number of ether oxygens (including phenoxy) is 2. The first-order valence-corrected chi connectivity index (χ1v) is 8.07. The van der Waals surface area contributed by atoms with Gasteiger partial charge in [-0.05, 0) is 30.2 Å². The van der Waals surface area contributed by atoms with E-state index >= 15 is 0 Å². The Morgan fingerprint density at radius 1 is 1.00 bits per heavy atom. The minimum atomic E-state index is -0.467. The molecule has 0 aliphatic carbocycles. The molecule has 1 amide bonds. The monoisotopic (exact) mass is 339 g/mol. The lowest BCUT2D eigenvalue weighted by Gasteiger charge is -2.05. The van der Waals surface area contributed by atoms with Gasteiger partial charge in [0, 0.05) is 6.54 Å². The third-order valence-electron chi connectivity index (χ3n) is 3.31. The molecule has 2 aromatic rings. The fourth-order valence-electron chi connectivity index (χ4n) is 2.06. The number of alkyl carbamates (subject to hydrolysis) is 1. The van der Waals surface area contributed by atoms with Crippen LogP contribution in [0, 0.1) is 0 Å². The number of hydrogen-bond donors (Lipinski definition) is 1. The second kappa shape index (κ2) is 9.93. The van der Waals surface area contributed by atoms with Gasteiger partial charge in [0.1, 0.15) is 6.61 Å². The molecule has 0 radical (unpaired) electrons. The molecule has 0 heterocycles. The highest BCUT2D eigenvalue weighted by Crippen LogP contribution is 2.07. The number of hydrogen-bond acceptors (Lipinski definition) is 4. The molecule has 0 saturated carbocycles. The van der Waals surface area contributed by atoms with Crippen molar-refractivity contribution in [2.24, 2.45) is 0 Å². The van der Waals surface area contributed by atoms with Crippen molar-refractivity contribution in [3.63, 3.8) is 0 Å². The van der Waals surface area contributed by atoms with Crippen molar-refractivity contribution >= 4 is 18.1 Å². The fourth-order valence-corrected chi connectivity index (χ4v) is 2.06. The Morgan fingerprint density at radius 2 is 1.72 bits per heavy atom. The van der Waals surface area contributed by atoms with Crippen molar-refractivity contribution in [2.75, 3.05) is 13.2 Å². The van der Waals surface area contributed by atoms with Crippen LogP contribution < -0.4 is 5.32 Å². The molecule has 5 heteroatoms. The lowest BCUT2D eigenvalue weighted by atomic mass is 10.1. The highest BCUT2D eigenvalue weighted by molar-refractivity contribution is 5.89. The van der Waals surface area contributed by atoms with Gasteiger partial charge in [-0.15, -0.1) is 0 Å². The van der Waals surface area contributed by atoms with E-state index in [9.17, 15) is 9.59 Å². The second-order valence-electron chi connectivity index (χ2n) is 5.19. The number of rotatable bonds is 7. The van der Waals surface area contributed by atoms with Crippen LogP contribution in [0.3, 0.4) is 0 Å². The van der Waals surface area contributed by atoms with Crippen molar-refractivity contribution in [1.82, 2.24) is 5.32 Å². The van der Waals surface area contributed by atoms with E-state index in [4.69, 9.17) is 9.47 Å². The predicted molar refractivity (Wildman–Crippen MR) is 96.1 cm³/mol. The number of esters is 1. The molecule has 1 N–H and O–H groups in total. The molecule has 0 spiro atoms. The summed E-state index contributed by atoms with van der Waals surface area (Å²) >= 11 is 0. The Hall–Kier alpha value is -3.08. The molecule has 25 heavy (non-hydrogen) atoms. The van der Waals surface area contributed by atoms with Crippen LogP contribution in [0.4, 0.5) is 4.79 Å². The van der Waals surface area contributed by atoms with Gasteiger partial charge in [0.05, 0.1) is 12.2 Å². The molecule has 130 valence electrons. The van der Waals surface area contributed by atoms with Crippen LogP contribution in [0.5, 0.6) is 0 Å². The van der Waals surface area contributed by atoms with Crippen molar-refractivity contribution < 1.29 is 19.1 Å². The van der Waals surface area contributed by atoms with Crippen molar-refractivity contribution in [3.8, 4) is 0 Å². The average Bonchev–Trinajstić information content (AvgIpc) is 2.65. The lowest BCUT2D eigenvalue weighted by Crippen LogP contribution is -2.24. The molecule has 5 nitrogen and oxygen atoms in total. The molecule has 2 aromatic carbocycles. The molecule has 0 saturated heterocycles. The van der Waals surface area contributed by atoms with E-state index in [0.29, 0.717) is 18.7 Å². The SMILES string of the molecule is CCOC(=O)c1ccc(C=CCNC(=O)OCc2ccccc2)cc1. The Balaban J connectivity index is 1.71. The van der Waals surface area contributed by atoms with Gasteiger partial charge in [0.25, 0.3) is 0 Å². The van der Waals surface area contributed by atoms with Gasteiger partial charge in [-0.2, -0.15) is 0 Å². The van der Waals surface area contributed by atoms with Crippen LogP contribution in [0.15, 0.2) is 60.7 Å². The Labute approximate surface area is 147 Å². The third-order valence-corrected chi connectivity index (χ3v) is 3.31. The Morgan fingerprint density at radius 3 is 2.40 bits per heavy atom. The van der Waals surface area contributed by atoms with E-state index in [1.807, 2.05) is 54.6 Å². The van der Waals surface area contributed by atoms with Crippen molar-refractivity contribution in [3.05, 3.63) is 77.4 Å². The molecule has 0 aliphatic heterocycles. The van der Waals surface area contributed by atoms with Gasteiger partial charge in [0.2, 0.25) is 0 Å². The van der Waals surface area contributed by atoms with Gasteiger partial charge < -0.3 is 14.8 Å². The Kier molecular flexibility index (Phi) is 7.25. The van der Waals surface area contributed by atoms with Crippen LogP contribution in [0.2, 0.25) is 0 Å². The maximum atomic E-state index is 11.6. The van der Waals surface area contributed by atoms with E-state index in [0.717, 1.165) is 11.1 Å². The number of benzene rings is 2. The third kappa shape index (κ3) is 6.51. The topological polar surface area (TPSA) is 64.6 Å². The van der Waals surface area contributed by atoms with Crippen LogP contribution in [0.25, 0.3) is 6.08 Å². The molecule has 0 aromatic heterocycles. The zero-order valence-electron chi connectivity index (χ0n) is 14.1. The van der Waals surface area contributed by atoms with Gasteiger partial charge >= 0.3 is 12.1 Å². The quantitative estimate of drug-likeness (QED) is 0.779. The van der Waals surface area contributed by atoms with E-state index < -0.39 is 6.09 Å². The molecular weight excluding hydrogens is 318 g/mol. The normalized spacial score (nSPS) is 10.4. The summed E-state index contributed by atoms with van der Waals surface area (Å²) in [5, 5.41) is 2.65. The first-order chi connectivity index (χ1) is 12.2. The average molecular weight is 339 g/mol. The molecule has 0 aliphatic rings. The summed E-state index contributed by atoms with van der Waals surface area (Å²) in [6, 6.07) is 16.5. The zero-order valence-corrected chi connectivity index (χ0v) is 14.1. The van der Waals surface area contributed by atoms with Gasteiger partial charge in [0.15, 0.2) is 0 Å². The van der Waals surface area contributed by atoms with Gasteiger partial charge in [-0.3, -0.25) is 0 Å². The molecule has 0 bridgehead atoms. The first kappa shape index (κ1) is 18.3. The number of nitrogens with one attached hydrogen (secondary N) is 1. The summed E-state index contributed by atoms with van der Waals surface area (Å²) in [7, 11) is 0. The van der Waals surface area contributed by atoms with Crippen LogP contribution in [-0.4, -0.2) is 25.2 Å². The largest absolute Gasteiger partial charge is 0.462 e. The van der Waals surface area contributed by atoms with Gasteiger partial charge in [-0.25, -0.2) is 9.59 Å². The lowest BCUT2D eigenvalue weighted by molar-refractivity contribution is 0.0526. The smallest absolute Gasteiger partial charge is 0.407 e. The molecule has 0 unspecified atom stereocenters. The van der Waals surface area contributed by atoms with Crippen molar-refractivity contribution in [2.45, 2.75) is 13.5 Å². The summed E-state index contributed by atoms with van der Waals surface area (Å²) in [6.07, 6.45) is 3.20. The molecule has 0 fully saturated rings. The first-order valence-electron chi connectivity index (χ1n) is 8.07. The van der Waals surface area contributed by atoms with Crippen LogP contribution >= 0.6 is 0 Å². The van der Waals surface area contributed by atoms with E-state index in [1.165, 1.54) is 0 Å². The highest BCUT2D eigenvalue weighted by atomic mass is 16.5. The highest BCUT2D eigenvalue weighted by Gasteiger charge is 2.04. The minimum absolute atomic E-state index is 0.242. The summed E-state index contributed by atoms with van der Waals surface area (Å²) < 4.78 is 10.0. The minimum Gasteiger partial charge on any atom is -0.462 e. The zero-order chi connectivity index (χ0) is 17.9. The Bertz CT molecular complexity index is 708. The molecule has 2 rings (SSSR count). The number of carbonyl (C=O) groups is 2. The second-order valence-corrected chi connectivity index (χ2v) is 5.19. The van der Waals surface area contributed by atoms with E-state index in [2.05, 4.69) is 5.32 Å².